The number of pyridine rings is 1. The van der Waals surface area contributed by atoms with Gasteiger partial charge in [0.25, 0.3) is 15.9 Å². The van der Waals surface area contributed by atoms with E-state index >= 15 is 0 Å². The van der Waals surface area contributed by atoms with Crippen LogP contribution in [0, 0.1) is 0 Å². The molecule has 3 aromatic carbocycles. The van der Waals surface area contributed by atoms with Crippen LogP contribution in [0.4, 0.5) is 5.69 Å². The van der Waals surface area contributed by atoms with Gasteiger partial charge < -0.3 is 10.4 Å². The number of rotatable bonds is 12. The van der Waals surface area contributed by atoms with E-state index in [0.717, 1.165) is 5.56 Å². The van der Waals surface area contributed by atoms with Crippen LogP contribution < -0.4 is 9.62 Å². The molecule has 1 atom stereocenters. The third kappa shape index (κ3) is 8.02. The average molecular weight is 584 g/mol. The number of anilines is 1. The number of carboxylic acid groups (broad SMARTS) is 1. The van der Waals surface area contributed by atoms with Gasteiger partial charge in [0.2, 0.25) is 0 Å². The Morgan fingerprint density at radius 2 is 1.66 bits per heavy atom. The van der Waals surface area contributed by atoms with Crippen molar-refractivity contribution in [2.45, 2.75) is 23.9 Å². The van der Waals surface area contributed by atoms with Crippen molar-refractivity contribution in [3.63, 3.8) is 0 Å². The van der Waals surface area contributed by atoms with E-state index in [1.807, 2.05) is 42.7 Å². The Morgan fingerprint density at radius 3 is 2.27 bits per heavy atom. The SMILES string of the molecule is CSCCC(NC(=O)c1ccc(S(=O)(=O)N(Cc2ccccc2)c2cccnc2)cc1-c1ccccc1)C(=O)O.[LiH]. The summed E-state index contributed by atoms with van der Waals surface area (Å²) in [6.45, 7) is 0.0769. The summed E-state index contributed by atoms with van der Waals surface area (Å²) in [7, 11) is -4.11. The standard InChI is InChI=1S/C30H29N3O5S2.Li.H/c1-39-18-16-28(30(35)36)32-29(34)26-15-14-25(19-27(26)23-11-6-3-7-12-23)40(37,38)33(24-13-8-17-31-20-24)21-22-9-4-2-5-10-22;;/h2-15,17,19-20,28H,16,18,21H2,1H3,(H,32,34)(H,35,36);;. The zero-order valence-electron chi connectivity index (χ0n) is 21.8. The van der Waals surface area contributed by atoms with E-state index in [1.165, 1.54) is 40.5 Å². The van der Waals surface area contributed by atoms with Crippen LogP contribution in [0.25, 0.3) is 11.1 Å². The van der Waals surface area contributed by atoms with E-state index in [-0.39, 0.29) is 42.3 Å². The molecule has 4 rings (SSSR count). The third-order valence-electron chi connectivity index (χ3n) is 6.23. The topological polar surface area (TPSA) is 117 Å². The first-order valence-corrected chi connectivity index (χ1v) is 15.3. The summed E-state index contributed by atoms with van der Waals surface area (Å²) in [5.74, 6) is -1.16. The first-order valence-electron chi connectivity index (χ1n) is 12.5. The number of aliphatic carboxylic acids is 1. The number of sulfonamides is 1. The van der Waals surface area contributed by atoms with Gasteiger partial charge in [0.15, 0.2) is 0 Å². The first-order chi connectivity index (χ1) is 19.3. The fraction of sp³-hybridized carbons (Fsp3) is 0.167. The summed E-state index contributed by atoms with van der Waals surface area (Å²) >= 11 is 1.49. The number of amides is 1. The van der Waals surface area contributed by atoms with E-state index in [1.54, 1.807) is 42.6 Å². The third-order valence-corrected chi connectivity index (χ3v) is 8.64. The van der Waals surface area contributed by atoms with E-state index in [2.05, 4.69) is 10.3 Å². The van der Waals surface area contributed by atoms with Gasteiger partial charge in [0.1, 0.15) is 6.04 Å². The molecule has 11 heteroatoms. The number of hydrogen-bond donors (Lipinski definition) is 2. The Hall–Kier alpha value is -3.55. The van der Waals surface area contributed by atoms with Crippen molar-refractivity contribution < 1.29 is 23.1 Å². The van der Waals surface area contributed by atoms with Crippen LogP contribution in [-0.2, 0) is 21.4 Å². The van der Waals surface area contributed by atoms with Gasteiger partial charge in [0, 0.05) is 11.8 Å². The Morgan fingerprint density at radius 1 is 0.976 bits per heavy atom. The van der Waals surface area contributed by atoms with Gasteiger partial charge in [-0.3, -0.25) is 14.1 Å². The molecular weight excluding hydrogens is 553 g/mol. The molecule has 4 aromatic rings. The van der Waals surface area contributed by atoms with Crippen LogP contribution in [-0.4, -0.2) is 67.3 Å². The van der Waals surface area contributed by atoms with Crippen molar-refractivity contribution in [1.29, 1.82) is 0 Å². The molecule has 1 heterocycles. The number of nitrogens with one attached hydrogen (secondary N) is 1. The Labute approximate surface area is 256 Å². The zero-order valence-corrected chi connectivity index (χ0v) is 23.4. The summed E-state index contributed by atoms with van der Waals surface area (Å²) in [4.78, 5) is 29.2. The van der Waals surface area contributed by atoms with Gasteiger partial charge in [-0.1, -0.05) is 60.7 Å². The Kier molecular flexibility index (Phi) is 11.6. The normalized spacial score (nSPS) is 11.6. The minimum atomic E-state index is -4.11. The average Bonchev–Trinajstić information content (AvgIpc) is 2.98. The van der Waals surface area contributed by atoms with E-state index in [0.29, 0.717) is 22.6 Å². The molecule has 0 saturated carbocycles. The monoisotopic (exact) mass is 583 g/mol. The van der Waals surface area contributed by atoms with Crippen molar-refractivity contribution in [1.82, 2.24) is 10.3 Å². The molecule has 0 aliphatic rings. The summed E-state index contributed by atoms with van der Waals surface area (Å²) in [5.41, 5.74) is 2.36. The van der Waals surface area contributed by atoms with Gasteiger partial charge >= 0.3 is 24.8 Å². The van der Waals surface area contributed by atoms with Crippen molar-refractivity contribution in [3.8, 4) is 11.1 Å². The second kappa shape index (κ2) is 14.9. The quantitative estimate of drug-likeness (QED) is 0.237. The van der Waals surface area contributed by atoms with E-state index in [4.69, 9.17) is 0 Å². The molecule has 208 valence electrons. The number of carbonyl (C=O) groups is 2. The maximum absolute atomic E-state index is 14.1. The molecular formula is C30H30LiN3O5S2. The van der Waals surface area contributed by atoms with Crippen LogP contribution in [0.15, 0.2) is 108 Å². The number of aromatic nitrogens is 1. The number of thioether (sulfide) groups is 1. The van der Waals surface area contributed by atoms with Crippen LogP contribution in [0.2, 0.25) is 0 Å². The molecule has 2 N–H and O–H groups in total. The maximum atomic E-state index is 14.1. The summed E-state index contributed by atoms with van der Waals surface area (Å²) in [5, 5.41) is 12.2. The number of hydrogen-bond acceptors (Lipinski definition) is 6. The van der Waals surface area contributed by atoms with Crippen molar-refractivity contribution >= 4 is 58.2 Å². The second-order valence-corrected chi connectivity index (χ2v) is 11.8. The van der Waals surface area contributed by atoms with Gasteiger partial charge in [-0.05, 0) is 65.5 Å². The summed E-state index contributed by atoms with van der Waals surface area (Å²) in [6.07, 6.45) is 5.18. The summed E-state index contributed by atoms with van der Waals surface area (Å²) in [6, 6.07) is 24.7. The van der Waals surface area contributed by atoms with Gasteiger partial charge in [-0.25, -0.2) is 13.2 Å². The molecule has 0 bridgehead atoms. The molecule has 8 nitrogen and oxygen atoms in total. The van der Waals surface area contributed by atoms with E-state index in [9.17, 15) is 23.1 Å². The molecule has 41 heavy (non-hydrogen) atoms. The Balaban J connectivity index is 0.00000462. The number of carbonyl (C=O) groups excluding carboxylic acids is 1. The second-order valence-electron chi connectivity index (χ2n) is 8.93. The van der Waals surface area contributed by atoms with Crippen molar-refractivity contribution in [2.24, 2.45) is 0 Å². The van der Waals surface area contributed by atoms with Crippen molar-refractivity contribution in [2.75, 3.05) is 16.3 Å². The first kappa shape index (κ1) is 32.0. The fourth-order valence-corrected chi connectivity index (χ4v) is 6.10. The Bertz CT molecular complexity index is 1560. The molecule has 0 saturated heterocycles. The molecule has 0 spiro atoms. The van der Waals surface area contributed by atoms with Gasteiger partial charge in [-0.2, -0.15) is 11.8 Å². The number of carboxylic acids is 1. The van der Waals surface area contributed by atoms with E-state index < -0.39 is 27.9 Å². The molecule has 0 radical (unpaired) electrons. The number of nitrogens with zero attached hydrogens (tertiary/aromatic N) is 2. The molecule has 1 unspecified atom stereocenters. The molecule has 1 amide bonds. The van der Waals surface area contributed by atoms with Gasteiger partial charge in [0.05, 0.1) is 23.3 Å². The predicted octanol–water partition coefficient (Wildman–Crippen LogP) is 4.43. The molecule has 0 fully saturated rings. The van der Waals surface area contributed by atoms with Crippen LogP contribution in [0.1, 0.15) is 22.3 Å². The minimum absolute atomic E-state index is 0. The predicted molar refractivity (Wildman–Crippen MR) is 165 cm³/mol. The van der Waals surface area contributed by atoms with Gasteiger partial charge in [-0.15, -0.1) is 0 Å². The molecule has 0 aliphatic heterocycles. The number of benzene rings is 3. The van der Waals surface area contributed by atoms with Crippen LogP contribution in [0.5, 0.6) is 0 Å². The summed E-state index contributed by atoms with van der Waals surface area (Å²) < 4.78 is 29.5. The molecule has 0 aliphatic carbocycles. The van der Waals surface area contributed by atoms with Crippen LogP contribution in [0.3, 0.4) is 0 Å². The van der Waals surface area contributed by atoms with Crippen LogP contribution >= 0.6 is 11.8 Å². The van der Waals surface area contributed by atoms with Crippen molar-refractivity contribution in [3.05, 3.63) is 115 Å². The zero-order chi connectivity index (χ0) is 28.5. The molecule has 1 aromatic heterocycles. The fourth-order valence-electron chi connectivity index (χ4n) is 4.16.